The second-order valence-corrected chi connectivity index (χ2v) is 6.47. The van der Waals surface area contributed by atoms with Crippen LogP contribution in [0.15, 0.2) is 40.1 Å². The molecule has 0 heterocycles. The Balaban J connectivity index is 0.00000200. The first-order chi connectivity index (χ1) is 8.60. The number of benzene rings is 2. The van der Waals surface area contributed by atoms with Crippen molar-refractivity contribution in [2.75, 3.05) is 5.73 Å². The fraction of sp³-hybridized carbons (Fsp3) is 0. The maximum absolute atomic E-state index is 11.2. The summed E-state index contributed by atoms with van der Waals surface area (Å²) in [6.07, 6.45) is 0. The quantitative estimate of drug-likeness (QED) is 0.311. The molecule has 0 amide bonds. The van der Waals surface area contributed by atoms with Crippen LogP contribution in [0.1, 0.15) is 0 Å². The van der Waals surface area contributed by atoms with Gasteiger partial charge in [-0.25, -0.2) is 16.8 Å². The Labute approximate surface area is 207 Å². The van der Waals surface area contributed by atoms with Gasteiger partial charge in [0.05, 0.1) is 9.79 Å². The molecule has 0 fully saturated rings. The van der Waals surface area contributed by atoms with Gasteiger partial charge in [0.1, 0.15) is 20.2 Å². The molecule has 2 aromatic rings. The minimum absolute atomic E-state index is 0. The Hall–Kier alpha value is 1.59. The number of nitrogen functional groups attached to an aromatic ring is 1. The summed E-state index contributed by atoms with van der Waals surface area (Å²) < 4.78 is 66.2. The monoisotopic (exact) mass is 379 g/mol. The van der Waals surface area contributed by atoms with Gasteiger partial charge in [0.15, 0.2) is 0 Å². The number of anilines is 1. The Morgan fingerprint density at radius 2 is 1.38 bits per heavy atom. The summed E-state index contributed by atoms with van der Waals surface area (Å²) in [4.78, 5) is -1.36. The first-order valence-corrected chi connectivity index (χ1v) is 7.66. The molecular formula is C10H7K2NO6S2. The summed E-state index contributed by atoms with van der Waals surface area (Å²) in [6, 6.07) is 5.73. The van der Waals surface area contributed by atoms with E-state index in [0.29, 0.717) is 0 Å². The van der Waals surface area contributed by atoms with E-state index in [1.54, 1.807) is 0 Å². The van der Waals surface area contributed by atoms with E-state index < -0.39 is 30.0 Å². The van der Waals surface area contributed by atoms with E-state index in [2.05, 4.69) is 0 Å². The van der Waals surface area contributed by atoms with Gasteiger partial charge in [-0.15, -0.1) is 0 Å². The third kappa shape index (κ3) is 5.29. The Bertz CT molecular complexity index is 880. The van der Waals surface area contributed by atoms with Crippen LogP contribution in [-0.4, -0.2) is 25.9 Å². The number of fused-ring (bicyclic) bond motifs is 1. The van der Waals surface area contributed by atoms with Crippen LogP contribution in [0.4, 0.5) is 5.69 Å². The van der Waals surface area contributed by atoms with Gasteiger partial charge in [0.25, 0.3) is 0 Å². The molecule has 0 saturated carbocycles. The van der Waals surface area contributed by atoms with E-state index in [-0.39, 0.29) is 119 Å². The maximum atomic E-state index is 11.2. The minimum atomic E-state index is -4.89. The maximum Gasteiger partial charge on any atom is 1.00 e. The van der Waals surface area contributed by atoms with E-state index >= 15 is 0 Å². The van der Waals surface area contributed by atoms with Gasteiger partial charge in [-0.1, -0.05) is 12.1 Å². The van der Waals surface area contributed by atoms with Crippen molar-refractivity contribution in [3.63, 3.8) is 0 Å². The topological polar surface area (TPSA) is 140 Å². The van der Waals surface area contributed by atoms with Crippen molar-refractivity contribution in [1.29, 1.82) is 0 Å². The largest absolute Gasteiger partial charge is 1.00 e. The minimum Gasteiger partial charge on any atom is -0.744 e. The average molecular weight is 379 g/mol. The normalized spacial score (nSPS) is 11.5. The number of hydrogen-bond acceptors (Lipinski definition) is 7. The molecule has 0 saturated heterocycles. The molecule has 21 heavy (non-hydrogen) atoms. The van der Waals surface area contributed by atoms with Crippen LogP contribution in [0.2, 0.25) is 0 Å². The van der Waals surface area contributed by atoms with E-state index in [1.165, 1.54) is 18.2 Å². The second-order valence-electron chi connectivity index (χ2n) is 3.78. The molecule has 11 heteroatoms. The van der Waals surface area contributed by atoms with Crippen molar-refractivity contribution in [3.8, 4) is 0 Å². The molecule has 0 aromatic heterocycles. The van der Waals surface area contributed by atoms with Crippen LogP contribution in [0.5, 0.6) is 0 Å². The zero-order chi connectivity index (χ0) is 14.4. The SMILES string of the molecule is Nc1ccc2ccc(S(=O)(=O)[O-])cc2c1S(=O)(=O)[O-].[K+].[K+]. The van der Waals surface area contributed by atoms with Gasteiger partial charge >= 0.3 is 103 Å². The summed E-state index contributed by atoms with van der Waals surface area (Å²) in [5.74, 6) is 0. The van der Waals surface area contributed by atoms with Gasteiger partial charge in [-0.2, -0.15) is 0 Å². The van der Waals surface area contributed by atoms with E-state index in [0.717, 1.165) is 12.1 Å². The van der Waals surface area contributed by atoms with Crippen molar-refractivity contribution < 1.29 is 129 Å². The zero-order valence-electron chi connectivity index (χ0n) is 11.2. The second kappa shape index (κ2) is 8.11. The molecule has 0 atom stereocenters. The summed E-state index contributed by atoms with van der Waals surface area (Å²) in [6.45, 7) is 0. The molecule has 7 nitrogen and oxygen atoms in total. The standard InChI is InChI=1S/C10H9NO6S2.2K/c11-9-4-2-6-1-3-7(18(12,13)14)5-8(6)10(9)19(15,16)17;;/h1-5H,11H2,(H,12,13,14)(H,15,16,17);;/q;2*+1/p-2. The first kappa shape index (κ1) is 22.6. The number of rotatable bonds is 2. The summed E-state index contributed by atoms with van der Waals surface area (Å²) in [5, 5.41) is 0.1000. The molecule has 0 aliphatic rings. The third-order valence-electron chi connectivity index (χ3n) is 2.51. The van der Waals surface area contributed by atoms with Crippen LogP contribution in [0.25, 0.3) is 10.8 Å². The zero-order valence-corrected chi connectivity index (χ0v) is 19.1. The van der Waals surface area contributed by atoms with E-state index in [9.17, 15) is 25.9 Å². The van der Waals surface area contributed by atoms with Gasteiger partial charge in [-0.3, -0.25) is 0 Å². The Morgan fingerprint density at radius 3 is 1.86 bits per heavy atom. The van der Waals surface area contributed by atoms with Gasteiger partial charge in [0.2, 0.25) is 0 Å². The molecule has 0 aliphatic carbocycles. The van der Waals surface area contributed by atoms with E-state index in [1.807, 2.05) is 0 Å². The van der Waals surface area contributed by atoms with Gasteiger partial charge in [-0.05, 0) is 23.6 Å². The molecule has 2 N–H and O–H groups in total. The van der Waals surface area contributed by atoms with E-state index in [4.69, 9.17) is 5.73 Å². The molecule has 2 rings (SSSR count). The first-order valence-electron chi connectivity index (χ1n) is 4.85. The Kier molecular flexibility index (Phi) is 8.73. The Morgan fingerprint density at radius 1 is 0.857 bits per heavy atom. The molecule has 0 spiro atoms. The van der Waals surface area contributed by atoms with Crippen molar-refractivity contribution in [2.45, 2.75) is 9.79 Å². The third-order valence-corrected chi connectivity index (χ3v) is 4.30. The number of nitrogens with two attached hydrogens (primary N) is 1. The van der Waals surface area contributed by atoms with Gasteiger partial charge < -0.3 is 14.8 Å². The molecule has 0 unspecified atom stereocenters. The molecule has 0 bridgehead atoms. The predicted molar refractivity (Wildman–Crippen MR) is 64.3 cm³/mol. The average Bonchev–Trinajstić information content (AvgIpc) is 2.24. The van der Waals surface area contributed by atoms with Crippen LogP contribution in [0.3, 0.4) is 0 Å². The fourth-order valence-electron chi connectivity index (χ4n) is 1.72. The molecule has 0 radical (unpaired) electrons. The van der Waals surface area contributed by atoms with Gasteiger partial charge in [0, 0.05) is 11.1 Å². The number of hydrogen-bond donors (Lipinski definition) is 1. The van der Waals surface area contributed by atoms with Crippen molar-refractivity contribution in [3.05, 3.63) is 30.3 Å². The summed E-state index contributed by atoms with van der Waals surface area (Å²) >= 11 is 0. The smallest absolute Gasteiger partial charge is 0.744 e. The van der Waals surface area contributed by atoms with Crippen LogP contribution in [-0.2, 0) is 20.2 Å². The fourth-order valence-corrected chi connectivity index (χ4v) is 3.02. The summed E-state index contributed by atoms with van der Waals surface area (Å²) in [7, 11) is -9.65. The molecule has 2 aromatic carbocycles. The van der Waals surface area contributed by atoms with Crippen molar-refractivity contribution in [1.82, 2.24) is 0 Å². The molecule has 0 aliphatic heterocycles. The van der Waals surface area contributed by atoms with Crippen LogP contribution < -0.4 is 109 Å². The molecule has 102 valence electrons. The molecular weight excluding hydrogens is 372 g/mol. The summed E-state index contributed by atoms with van der Waals surface area (Å²) in [5.41, 5.74) is 5.12. The predicted octanol–water partition coefficient (Wildman–Crippen LogP) is -5.76. The van der Waals surface area contributed by atoms with Crippen LogP contribution >= 0.6 is 0 Å². The van der Waals surface area contributed by atoms with Crippen LogP contribution in [0, 0.1) is 0 Å². The van der Waals surface area contributed by atoms with Crippen molar-refractivity contribution in [2.24, 2.45) is 0 Å². The van der Waals surface area contributed by atoms with Crippen molar-refractivity contribution >= 4 is 36.7 Å².